The molecule has 5 heteroatoms. The molecule has 1 amide bonds. The van der Waals surface area contributed by atoms with Crippen molar-refractivity contribution in [3.8, 4) is 0 Å². The Bertz CT molecular complexity index is 608. The van der Waals surface area contributed by atoms with Gasteiger partial charge in [-0.15, -0.1) is 0 Å². The molecule has 2 rings (SSSR count). The molecule has 112 valence electrons. The van der Waals surface area contributed by atoms with E-state index in [0.717, 1.165) is 24.6 Å². The van der Waals surface area contributed by atoms with Crippen molar-refractivity contribution in [2.75, 3.05) is 6.54 Å². The van der Waals surface area contributed by atoms with E-state index >= 15 is 0 Å². The molecule has 21 heavy (non-hydrogen) atoms. The molecule has 1 unspecified atom stereocenters. The van der Waals surface area contributed by atoms with Crippen LogP contribution < -0.4 is 5.32 Å². The van der Waals surface area contributed by atoms with Crippen molar-refractivity contribution in [2.24, 2.45) is 11.3 Å². The van der Waals surface area contributed by atoms with E-state index in [0.29, 0.717) is 12.5 Å². The number of carboxylic acid groups (broad SMARTS) is 1. The smallest absolute Gasteiger partial charge is 0.328 e. The first-order chi connectivity index (χ1) is 9.79. The van der Waals surface area contributed by atoms with Crippen molar-refractivity contribution in [2.45, 2.75) is 20.3 Å². The third-order valence-corrected chi connectivity index (χ3v) is 3.89. The van der Waals surface area contributed by atoms with Crippen LogP contribution in [0.15, 0.2) is 24.3 Å². The minimum absolute atomic E-state index is 0.136. The van der Waals surface area contributed by atoms with Gasteiger partial charge in [-0.1, -0.05) is 19.9 Å². The SMILES string of the molecule is CC1(C)CC1CNC(=O)c1ccc(/C=C/C(=O)O)c(F)c1. The topological polar surface area (TPSA) is 66.4 Å². The molecule has 0 bridgehead atoms. The fraction of sp³-hybridized carbons (Fsp3) is 0.375. The highest BCUT2D eigenvalue weighted by molar-refractivity contribution is 5.94. The lowest BCUT2D eigenvalue weighted by atomic mass is 10.1. The maximum Gasteiger partial charge on any atom is 0.328 e. The summed E-state index contributed by atoms with van der Waals surface area (Å²) in [7, 11) is 0. The molecule has 0 radical (unpaired) electrons. The lowest BCUT2D eigenvalue weighted by Gasteiger charge is -2.07. The summed E-state index contributed by atoms with van der Waals surface area (Å²) >= 11 is 0. The molecule has 1 aromatic rings. The number of rotatable bonds is 5. The van der Waals surface area contributed by atoms with E-state index in [9.17, 15) is 14.0 Å². The largest absolute Gasteiger partial charge is 0.478 e. The number of benzene rings is 1. The molecule has 0 heterocycles. The van der Waals surface area contributed by atoms with Gasteiger partial charge in [0, 0.05) is 23.7 Å². The monoisotopic (exact) mass is 291 g/mol. The first kappa shape index (κ1) is 15.2. The Kier molecular flexibility index (Phi) is 4.11. The van der Waals surface area contributed by atoms with Gasteiger partial charge in [-0.3, -0.25) is 4.79 Å². The molecule has 1 aliphatic rings. The molecular formula is C16H18FNO3. The Balaban J connectivity index is 1.99. The third-order valence-electron chi connectivity index (χ3n) is 3.89. The Hall–Kier alpha value is -2.17. The van der Waals surface area contributed by atoms with E-state index in [1.807, 2.05) is 0 Å². The van der Waals surface area contributed by atoms with Crippen molar-refractivity contribution < 1.29 is 19.1 Å². The van der Waals surface area contributed by atoms with Crippen LogP contribution in [0.2, 0.25) is 0 Å². The minimum Gasteiger partial charge on any atom is -0.478 e. The van der Waals surface area contributed by atoms with Crippen molar-refractivity contribution in [3.63, 3.8) is 0 Å². The second kappa shape index (κ2) is 5.68. The fourth-order valence-electron chi connectivity index (χ4n) is 2.21. The molecule has 1 fully saturated rings. The zero-order valence-corrected chi connectivity index (χ0v) is 12.0. The average molecular weight is 291 g/mol. The first-order valence-electron chi connectivity index (χ1n) is 6.78. The number of hydrogen-bond donors (Lipinski definition) is 2. The summed E-state index contributed by atoms with van der Waals surface area (Å²) in [6.45, 7) is 4.88. The highest BCUT2D eigenvalue weighted by Gasteiger charge is 2.45. The van der Waals surface area contributed by atoms with Gasteiger partial charge in [0.15, 0.2) is 0 Å². The number of carboxylic acids is 1. The van der Waals surface area contributed by atoms with Crippen LogP contribution in [0.5, 0.6) is 0 Å². The van der Waals surface area contributed by atoms with Crippen molar-refractivity contribution >= 4 is 18.0 Å². The fourth-order valence-corrected chi connectivity index (χ4v) is 2.21. The predicted octanol–water partition coefficient (Wildman–Crippen LogP) is 2.70. The maximum atomic E-state index is 13.8. The summed E-state index contributed by atoms with van der Waals surface area (Å²) in [4.78, 5) is 22.3. The van der Waals surface area contributed by atoms with E-state index in [4.69, 9.17) is 5.11 Å². The summed E-state index contributed by atoms with van der Waals surface area (Å²) < 4.78 is 13.8. The van der Waals surface area contributed by atoms with Gasteiger partial charge in [0.1, 0.15) is 5.82 Å². The minimum atomic E-state index is -1.15. The third kappa shape index (κ3) is 3.90. The summed E-state index contributed by atoms with van der Waals surface area (Å²) in [6.07, 6.45) is 3.10. The van der Waals surface area contributed by atoms with Gasteiger partial charge in [0.05, 0.1) is 0 Å². The van der Waals surface area contributed by atoms with E-state index in [2.05, 4.69) is 19.2 Å². The van der Waals surface area contributed by atoms with Crippen LogP contribution in [0, 0.1) is 17.2 Å². The Morgan fingerprint density at radius 3 is 2.67 bits per heavy atom. The van der Waals surface area contributed by atoms with Crippen LogP contribution in [0.4, 0.5) is 4.39 Å². The van der Waals surface area contributed by atoms with Crippen molar-refractivity contribution in [3.05, 3.63) is 41.2 Å². The molecule has 0 aromatic heterocycles. The van der Waals surface area contributed by atoms with Gasteiger partial charge in [-0.2, -0.15) is 0 Å². The predicted molar refractivity (Wildman–Crippen MR) is 77.3 cm³/mol. The van der Waals surface area contributed by atoms with Crippen LogP contribution in [0.1, 0.15) is 36.2 Å². The summed E-state index contributed by atoms with van der Waals surface area (Å²) in [5, 5.41) is 11.3. The van der Waals surface area contributed by atoms with Gasteiger partial charge in [-0.25, -0.2) is 9.18 Å². The number of hydrogen-bond acceptors (Lipinski definition) is 2. The molecule has 2 N–H and O–H groups in total. The van der Waals surface area contributed by atoms with Gasteiger partial charge >= 0.3 is 5.97 Å². The Labute approximate surface area is 122 Å². The highest BCUT2D eigenvalue weighted by atomic mass is 19.1. The normalized spacial score (nSPS) is 19.5. The molecule has 1 saturated carbocycles. The molecule has 0 spiro atoms. The zero-order chi connectivity index (χ0) is 15.6. The second-order valence-electron chi connectivity index (χ2n) is 6.01. The van der Waals surface area contributed by atoms with Gasteiger partial charge < -0.3 is 10.4 Å². The van der Waals surface area contributed by atoms with E-state index in [1.54, 1.807) is 0 Å². The van der Waals surface area contributed by atoms with Gasteiger partial charge in [-0.05, 0) is 36.0 Å². The van der Waals surface area contributed by atoms with Gasteiger partial charge in [0.25, 0.3) is 5.91 Å². The maximum absolute atomic E-state index is 13.8. The summed E-state index contributed by atoms with van der Waals surface area (Å²) in [5.41, 5.74) is 0.653. The van der Waals surface area contributed by atoms with Crippen molar-refractivity contribution in [1.29, 1.82) is 0 Å². The average Bonchev–Trinajstić information content (AvgIpc) is 3.02. The summed E-state index contributed by atoms with van der Waals surface area (Å²) in [6, 6.07) is 4.00. The van der Waals surface area contributed by atoms with Crippen LogP contribution in [0.3, 0.4) is 0 Å². The lowest BCUT2D eigenvalue weighted by molar-refractivity contribution is -0.131. The van der Waals surface area contributed by atoms with Crippen LogP contribution >= 0.6 is 0 Å². The highest BCUT2D eigenvalue weighted by Crippen LogP contribution is 2.50. The number of halogens is 1. The zero-order valence-electron chi connectivity index (χ0n) is 12.0. The van der Waals surface area contributed by atoms with E-state index < -0.39 is 11.8 Å². The number of aliphatic carboxylic acids is 1. The number of carbonyl (C=O) groups is 2. The first-order valence-corrected chi connectivity index (χ1v) is 6.78. The quantitative estimate of drug-likeness (QED) is 0.820. The van der Waals surface area contributed by atoms with Crippen molar-refractivity contribution in [1.82, 2.24) is 5.32 Å². The second-order valence-corrected chi connectivity index (χ2v) is 6.01. The van der Waals surface area contributed by atoms with Gasteiger partial charge in [0.2, 0.25) is 0 Å². The van der Waals surface area contributed by atoms with Crippen LogP contribution in [0.25, 0.3) is 6.08 Å². The number of amides is 1. The summed E-state index contributed by atoms with van der Waals surface area (Å²) in [5.74, 6) is -1.61. The lowest BCUT2D eigenvalue weighted by Crippen LogP contribution is -2.26. The van der Waals surface area contributed by atoms with Crippen LogP contribution in [-0.4, -0.2) is 23.5 Å². The number of nitrogens with one attached hydrogen (secondary N) is 1. The van der Waals surface area contributed by atoms with E-state index in [-0.39, 0.29) is 22.4 Å². The molecule has 1 aliphatic carbocycles. The molecule has 4 nitrogen and oxygen atoms in total. The molecule has 1 aromatic carbocycles. The Morgan fingerprint density at radius 2 is 2.14 bits per heavy atom. The number of carbonyl (C=O) groups excluding carboxylic acids is 1. The molecule has 1 atom stereocenters. The van der Waals surface area contributed by atoms with E-state index in [1.165, 1.54) is 12.1 Å². The molecular weight excluding hydrogens is 273 g/mol. The van der Waals surface area contributed by atoms with Crippen LogP contribution in [-0.2, 0) is 4.79 Å². The Morgan fingerprint density at radius 1 is 1.48 bits per heavy atom. The molecule has 0 aliphatic heterocycles. The molecule has 0 saturated heterocycles. The standard InChI is InChI=1S/C16H18FNO3/c1-16(2)8-12(16)9-18-15(21)11-4-3-10(13(17)7-11)5-6-14(19)20/h3-7,12H,8-9H2,1-2H3,(H,18,21)(H,19,20)/b6-5+.